The maximum atomic E-state index is 13.1. The number of phosphoric ester groups is 2. The number of carbonyl (C=O) groups excluding carboxylic acids is 4. The molecule has 0 saturated heterocycles. The Hall–Kier alpha value is -2.46. The lowest BCUT2D eigenvalue weighted by molar-refractivity contribution is -0.161. The minimum atomic E-state index is -4.97. The SMILES string of the molecule is CCCCCC/C=C\C=C/CCCCCCCC(=O)O[C@H](COC(=O)CCCCCCCCC(C)CC)COP(=O)(O)OC[C@H](O)COP(=O)(O)OC[C@@H](COC(=O)CCCCCCCCCCCCCCCCCCCCC(C)CC)OC(=O)CCCCCCCCCCCCC(C)CC. The van der Waals surface area contributed by atoms with E-state index in [1.807, 2.05) is 0 Å². The summed E-state index contributed by atoms with van der Waals surface area (Å²) >= 11 is 0. The molecule has 0 amide bonds. The molecular weight excluding hydrogens is 1320 g/mol. The number of phosphoric acid groups is 2. The molecule has 0 spiro atoms. The van der Waals surface area contributed by atoms with Crippen LogP contribution in [0.15, 0.2) is 24.3 Å². The highest BCUT2D eigenvalue weighted by Crippen LogP contribution is 2.45. The Balaban J connectivity index is 5.23. The van der Waals surface area contributed by atoms with Crippen molar-refractivity contribution in [2.75, 3.05) is 39.6 Å². The molecule has 0 aliphatic carbocycles. The van der Waals surface area contributed by atoms with E-state index in [9.17, 15) is 43.2 Å². The van der Waals surface area contributed by atoms with E-state index < -0.39 is 97.5 Å². The average Bonchev–Trinajstić information content (AvgIpc) is 0.930. The van der Waals surface area contributed by atoms with E-state index >= 15 is 0 Å². The van der Waals surface area contributed by atoms with E-state index in [0.717, 1.165) is 127 Å². The lowest BCUT2D eigenvalue weighted by Gasteiger charge is -2.21. The molecule has 19 heteroatoms. The number of esters is 4. The summed E-state index contributed by atoms with van der Waals surface area (Å²) in [6, 6.07) is 0. The molecule has 0 aromatic rings. The molecule has 0 aromatic heterocycles. The molecule has 596 valence electrons. The molecule has 101 heavy (non-hydrogen) atoms. The third-order valence-electron chi connectivity index (χ3n) is 19.6. The normalized spacial score (nSPS) is 14.9. The zero-order valence-corrected chi connectivity index (χ0v) is 67.6. The Labute approximate surface area is 618 Å². The van der Waals surface area contributed by atoms with Crippen LogP contribution >= 0.6 is 15.6 Å². The third kappa shape index (κ3) is 71.6. The fraction of sp³-hybridized carbons (Fsp3) is 0.902. The summed E-state index contributed by atoms with van der Waals surface area (Å²) in [6.45, 7) is 11.9. The molecule has 0 fully saturated rings. The van der Waals surface area contributed by atoms with Gasteiger partial charge in [-0.05, 0) is 69.1 Å². The second kappa shape index (κ2) is 71.8. The quantitative estimate of drug-likeness (QED) is 0.0169. The van der Waals surface area contributed by atoms with Crippen LogP contribution in [0.3, 0.4) is 0 Å². The van der Waals surface area contributed by atoms with Gasteiger partial charge in [-0.15, -0.1) is 0 Å². The summed E-state index contributed by atoms with van der Waals surface area (Å²) in [6.07, 6.45) is 63.2. The average molecular weight is 1480 g/mol. The Kier molecular flexibility index (Phi) is 70.0. The summed E-state index contributed by atoms with van der Waals surface area (Å²) in [5, 5.41) is 10.6. The molecule has 3 N–H and O–H groups in total. The van der Waals surface area contributed by atoms with Gasteiger partial charge in [0.05, 0.1) is 26.4 Å². The number of ether oxygens (including phenoxy) is 4. The second-order valence-corrected chi connectivity index (χ2v) is 32.5. The molecule has 5 unspecified atom stereocenters. The van der Waals surface area contributed by atoms with Crippen molar-refractivity contribution in [2.24, 2.45) is 17.8 Å². The first-order valence-corrected chi connectivity index (χ1v) is 44.8. The van der Waals surface area contributed by atoms with Crippen molar-refractivity contribution in [3.05, 3.63) is 24.3 Å². The molecule has 8 atom stereocenters. The highest BCUT2D eigenvalue weighted by atomic mass is 31.2. The predicted molar refractivity (Wildman–Crippen MR) is 414 cm³/mol. The van der Waals surface area contributed by atoms with Gasteiger partial charge in [-0.3, -0.25) is 37.3 Å². The van der Waals surface area contributed by atoms with Gasteiger partial charge in [-0.1, -0.05) is 349 Å². The summed E-state index contributed by atoms with van der Waals surface area (Å²) in [5.74, 6) is 0.258. The maximum Gasteiger partial charge on any atom is 0.472 e. The number of hydrogen-bond acceptors (Lipinski definition) is 15. The number of unbranched alkanes of at least 4 members (excludes halogenated alkanes) is 40. The van der Waals surface area contributed by atoms with Gasteiger partial charge in [-0.25, -0.2) is 9.13 Å². The summed E-state index contributed by atoms with van der Waals surface area (Å²) in [4.78, 5) is 73.0. The monoisotopic (exact) mass is 1480 g/mol. The van der Waals surface area contributed by atoms with Crippen molar-refractivity contribution >= 4 is 39.5 Å². The molecule has 0 aliphatic rings. The van der Waals surface area contributed by atoms with Gasteiger partial charge in [0.1, 0.15) is 19.3 Å². The van der Waals surface area contributed by atoms with Crippen LogP contribution in [0.4, 0.5) is 0 Å². The number of carbonyl (C=O) groups is 4. The smallest absolute Gasteiger partial charge is 0.462 e. The van der Waals surface area contributed by atoms with Crippen LogP contribution in [-0.4, -0.2) is 96.7 Å². The van der Waals surface area contributed by atoms with E-state index in [0.29, 0.717) is 25.7 Å². The first kappa shape index (κ1) is 98.5. The molecule has 0 radical (unpaired) electrons. The Morgan fingerprint density at radius 1 is 0.317 bits per heavy atom. The highest BCUT2D eigenvalue weighted by Gasteiger charge is 2.30. The minimum absolute atomic E-state index is 0.0840. The maximum absolute atomic E-state index is 13.1. The van der Waals surface area contributed by atoms with E-state index in [4.69, 9.17) is 37.0 Å². The molecule has 0 aliphatic heterocycles. The van der Waals surface area contributed by atoms with Crippen molar-refractivity contribution in [3.8, 4) is 0 Å². The van der Waals surface area contributed by atoms with Crippen LogP contribution in [-0.2, 0) is 65.4 Å². The highest BCUT2D eigenvalue weighted by molar-refractivity contribution is 7.47. The number of aliphatic hydroxyl groups is 1. The van der Waals surface area contributed by atoms with Crippen molar-refractivity contribution < 1.29 is 80.2 Å². The van der Waals surface area contributed by atoms with Crippen LogP contribution in [0, 0.1) is 17.8 Å². The number of rotatable bonds is 78. The van der Waals surface area contributed by atoms with Crippen LogP contribution in [0.2, 0.25) is 0 Å². The van der Waals surface area contributed by atoms with Crippen LogP contribution in [0.25, 0.3) is 0 Å². The predicted octanol–water partition coefficient (Wildman–Crippen LogP) is 24.1. The summed E-state index contributed by atoms with van der Waals surface area (Å²) in [5.41, 5.74) is 0. The van der Waals surface area contributed by atoms with E-state index in [2.05, 4.69) is 72.8 Å². The van der Waals surface area contributed by atoms with Gasteiger partial charge in [-0.2, -0.15) is 0 Å². The molecule has 0 aromatic carbocycles. The van der Waals surface area contributed by atoms with Gasteiger partial charge in [0, 0.05) is 25.7 Å². The zero-order chi connectivity index (χ0) is 74.4. The van der Waals surface area contributed by atoms with Crippen molar-refractivity contribution in [2.45, 2.75) is 420 Å². The van der Waals surface area contributed by atoms with Gasteiger partial charge in [0.2, 0.25) is 0 Å². The Morgan fingerprint density at radius 3 is 0.832 bits per heavy atom. The van der Waals surface area contributed by atoms with Crippen LogP contribution in [0.5, 0.6) is 0 Å². The zero-order valence-electron chi connectivity index (χ0n) is 65.9. The lowest BCUT2D eigenvalue weighted by Crippen LogP contribution is -2.30. The van der Waals surface area contributed by atoms with Crippen LogP contribution in [0.1, 0.15) is 402 Å². The first-order chi connectivity index (χ1) is 48.8. The van der Waals surface area contributed by atoms with Crippen molar-refractivity contribution in [3.63, 3.8) is 0 Å². The standard InChI is InChI=1S/C82H156O17P2/c1-8-12-13-14-15-16-17-18-23-28-31-37-42-51-58-65-81(86)99-78(70-93-80(85)64-57-50-45-44-48-55-62-75(7)11-4)72-97-101(90,91)95-68-76(83)67-94-100(88,89)96-71-77(98-82(87)66-59-52-43-38-33-32-35-40-47-54-61-74(6)10-3)69-92-79(84)63-56-49-41-36-30-27-25-22-20-19-21-24-26-29-34-39-46-53-60-73(5)9-2/h16-18,23,73-78,83H,8-15,19-22,24-72H2,1-7H3,(H,88,89)(H,90,91)/b17-16-,23-18-/t73?,74?,75?,76-,77-,78-/m1/s1. The summed E-state index contributed by atoms with van der Waals surface area (Å²) in [7, 11) is -9.93. The van der Waals surface area contributed by atoms with E-state index in [1.165, 1.54) is 193 Å². The molecule has 0 heterocycles. The van der Waals surface area contributed by atoms with Crippen molar-refractivity contribution in [1.82, 2.24) is 0 Å². The number of allylic oxidation sites excluding steroid dienone is 4. The Morgan fingerprint density at radius 2 is 0.554 bits per heavy atom. The Bertz CT molecular complexity index is 2060. The first-order valence-electron chi connectivity index (χ1n) is 41.8. The fourth-order valence-electron chi connectivity index (χ4n) is 12.0. The van der Waals surface area contributed by atoms with Gasteiger partial charge >= 0.3 is 39.5 Å². The topological polar surface area (TPSA) is 237 Å². The van der Waals surface area contributed by atoms with Crippen LogP contribution < -0.4 is 0 Å². The second-order valence-electron chi connectivity index (χ2n) is 29.6. The van der Waals surface area contributed by atoms with Gasteiger partial charge < -0.3 is 33.8 Å². The number of hydrogen-bond donors (Lipinski definition) is 3. The van der Waals surface area contributed by atoms with E-state index in [-0.39, 0.29) is 25.7 Å². The largest absolute Gasteiger partial charge is 0.472 e. The lowest BCUT2D eigenvalue weighted by atomic mass is 9.99. The third-order valence-corrected chi connectivity index (χ3v) is 21.5. The van der Waals surface area contributed by atoms with Crippen molar-refractivity contribution in [1.29, 1.82) is 0 Å². The fourth-order valence-corrected chi connectivity index (χ4v) is 13.6. The molecule has 17 nitrogen and oxygen atoms in total. The van der Waals surface area contributed by atoms with Gasteiger partial charge in [0.25, 0.3) is 0 Å². The molecule has 0 rings (SSSR count). The minimum Gasteiger partial charge on any atom is -0.462 e. The van der Waals surface area contributed by atoms with Gasteiger partial charge in [0.15, 0.2) is 12.2 Å². The molecular formula is C82H156O17P2. The summed E-state index contributed by atoms with van der Waals surface area (Å²) < 4.78 is 68.7. The van der Waals surface area contributed by atoms with E-state index in [1.54, 1.807) is 0 Å². The number of aliphatic hydroxyl groups excluding tert-OH is 1. The molecule has 0 saturated carbocycles. The molecule has 0 bridgehead atoms.